The van der Waals surface area contributed by atoms with Crippen LogP contribution < -0.4 is 9.47 Å². The highest BCUT2D eigenvalue weighted by molar-refractivity contribution is 5.55. The largest absolute Gasteiger partial charge is 0.490 e. The van der Waals surface area contributed by atoms with Crippen LogP contribution in [0, 0.1) is 0 Å². The summed E-state index contributed by atoms with van der Waals surface area (Å²) in [5.74, 6) is 2.37. The quantitative estimate of drug-likeness (QED) is 0.384. The van der Waals surface area contributed by atoms with E-state index < -0.39 is 0 Å². The highest BCUT2D eigenvalue weighted by Gasteiger charge is 1.98. The molecule has 0 saturated heterocycles. The van der Waals surface area contributed by atoms with Gasteiger partial charge in [0.25, 0.3) is 0 Å². The molecule has 0 heterocycles. The monoisotopic (exact) mass is 299 g/mol. The summed E-state index contributed by atoms with van der Waals surface area (Å²) in [6.07, 6.45) is 3.78. The maximum Gasteiger partial charge on any atom is 0.151 e. The number of benzene rings is 2. The van der Waals surface area contributed by atoms with E-state index in [1.54, 1.807) is 6.21 Å². The van der Waals surface area contributed by atoms with Gasteiger partial charge in [0.1, 0.15) is 23.9 Å². The van der Waals surface area contributed by atoms with E-state index in [4.69, 9.17) is 14.3 Å². The molecule has 22 heavy (non-hydrogen) atoms. The molecule has 0 atom stereocenters. The molecule has 0 spiro atoms. The number of nitrogens with zero attached hydrogens (tertiary/aromatic N) is 1. The molecule has 2 rings (SSSR count). The van der Waals surface area contributed by atoms with Crippen LogP contribution >= 0.6 is 0 Å². The molecule has 4 heteroatoms. The summed E-state index contributed by atoms with van der Waals surface area (Å²) in [6, 6.07) is 17.2. The SMILES string of the molecule is CCCC=NOCCOc1ccc(Oc2ccccc2)cc1. The van der Waals surface area contributed by atoms with E-state index in [1.165, 1.54) is 0 Å². The molecule has 0 amide bonds. The first-order chi connectivity index (χ1) is 10.9. The van der Waals surface area contributed by atoms with Crippen molar-refractivity contribution in [3.8, 4) is 17.2 Å². The minimum absolute atomic E-state index is 0.433. The van der Waals surface area contributed by atoms with Gasteiger partial charge in [-0.1, -0.05) is 36.7 Å². The zero-order chi connectivity index (χ0) is 15.5. The topological polar surface area (TPSA) is 40.0 Å². The molecule has 0 radical (unpaired) electrons. The number of hydrogen-bond donors (Lipinski definition) is 0. The predicted octanol–water partition coefficient (Wildman–Crippen LogP) is 4.66. The van der Waals surface area contributed by atoms with Gasteiger partial charge in [0.05, 0.1) is 0 Å². The molecule has 0 aliphatic carbocycles. The van der Waals surface area contributed by atoms with Crippen LogP contribution in [0.15, 0.2) is 59.8 Å². The Labute approximate surface area is 131 Å². The van der Waals surface area contributed by atoms with Gasteiger partial charge in [0.15, 0.2) is 6.61 Å². The zero-order valence-electron chi connectivity index (χ0n) is 12.8. The molecule has 0 unspecified atom stereocenters. The Balaban J connectivity index is 1.70. The van der Waals surface area contributed by atoms with Crippen LogP contribution in [0.4, 0.5) is 0 Å². The molecule has 2 aromatic carbocycles. The summed E-state index contributed by atoms with van der Waals surface area (Å²) >= 11 is 0. The van der Waals surface area contributed by atoms with Crippen LogP contribution in [-0.2, 0) is 4.84 Å². The van der Waals surface area contributed by atoms with E-state index in [-0.39, 0.29) is 0 Å². The smallest absolute Gasteiger partial charge is 0.151 e. The molecular weight excluding hydrogens is 278 g/mol. The Morgan fingerprint density at radius 2 is 1.55 bits per heavy atom. The average molecular weight is 299 g/mol. The van der Waals surface area contributed by atoms with Gasteiger partial charge in [-0.15, -0.1) is 0 Å². The summed E-state index contributed by atoms with van der Waals surface area (Å²) in [6.45, 7) is 2.99. The zero-order valence-corrected chi connectivity index (χ0v) is 12.8. The number of oxime groups is 1. The van der Waals surface area contributed by atoms with Crippen molar-refractivity contribution in [3.63, 3.8) is 0 Å². The van der Waals surface area contributed by atoms with Crippen molar-refractivity contribution >= 4 is 6.21 Å². The van der Waals surface area contributed by atoms with Crippen molar-refractivity contribution in [3.05, 3.63) is 54.6 Å². The summed E-state index contributed by atoms with van der Waals surface area (Å²) in [5.41, 5.74) is 0. The standard InChI is InChI=1S/C18H21NO3/c1-2-3-13-19-21-15-14-20-16-9-11-18(12-10-16)22-17-7-5-4-6-8-17/h4-13H,2-3,14-15H2,1H3. The minimum Gasteiger partial charge on any atom is -0.490 e. The Hall–Kier alpha value is -2.49. The normalized spacial score (nSPS) is 10.6. The molecule has 0 bridgehead atoms. The van der Waals surface area contributed by atoms with Crippen LogP contribution in [0.25, 0.3) is 0 Å². The average Bonchev–Trinajstić information content (AvgIpc) is 2.56. The van der Waals surface area contributed by atoms with Crippen LogP contribution in [0.1, 0.15) is 19.8 Å². The predicted molar refractivity (Wildman–Crippen MR) is 87.8 cm³/mol. The van der Waals surface area contributed by atoms with Crippen molar-refractivity contribution in [2.75, 3.05) is 13.2 Å². The van der Waals surface area contributed by atoms with Crippen molar-refractivity contribution in [2.24, 2.45) is 5.16 Å². The third kappa shape index (κ3) is 5.87. The van der Waals surface area contributed by atoms with Crippen molar-refractivity contribution < 1.29 is 14.3 Å². The second-order valence-electron chi connectivity index (χ2n) is 4.64. The van der Waals surface area contributed by atoms with Crippen LogP contribution in [0.3, 0.4) is 0 Å². The van der Waals surface area contributed by atoms with Gasteiger partial charge in [0, 0.05) is 6.21 Å². The van der Waals surface area contributed by atoms with E-state index in [1.807, 2.05) is 54.6 Å². The fourth-order valence-electron chi connectivity index (χ4n) is 1.71. The molecular formula is C18H21NO3. The van der Waals surface area contributed by atoms with Gasteiger partial charge in [-0.3, -0.25) is 0 Å². The highest BCUT2D eigenvalue weighted by Crippen LogP contribution is 2.23. The molecule has 0 fully saturated rings. The lowest BCUT2D eigenvalue weighted by Crippen LogP contribution is -2.04. The molecule has 116 valence electrons. The number of para-hydroxylation sites is 1. The third-order valence-electron chi connectivity index (χ3n) is 2.81. The first-order valence-electron chi connectivity index (χ1n) is 7.48. The summed E-state index contributed by atoms with van der Waals surface area (Å²) < 4.78 is 11.3. The lowest BCUT2D eigenvalue weighted by Gasteiger charge is -2.08. The molecule has 4 nitrogen and oxygen atoms in total. The second-order valence-corrected chi connectivity index (χ2v) is 4.64. The first-order valence-corrected chi connectivity index (χ1v) is 7.48. The van der Waals surface area contributed by atoms with E-state index in [2.05, 4.69) is 12.1 Å². The van der Waals surface area contributed by atoms with Crippen LogP contribution in [0.5, 0.6) is 17.2 Å². The van der Waals surface area contributed by atoms with Crippen LogP contribution in [-0.4, -0.2) is 19.4 Å². The van der Waals surface area contributed by atoms with Crippen molar-refractivity contribution in [2.45, 2.75) is 19.8 Å². The van der Waals surface area contributed by atoms with E-state index in [0.717, 1.165) is 30.1 Å². The fourth-order valence-corrected chi connectivity index (χ4v) is 1.71. The van der Waals surface area contributed by atoms with Gasteiger partial charge in [0.2, 0.25) is 0 Å². The minimum atomic E-state index is 0.433. The lowest BCUT2D eigenvalue weighted by molar-refractivity contribution is 0.108. The molecule has 0 aliphatic rings. The van der Waals surface area contributed by atoms with Gasteiger partial charge in [-0.2, -0.15) is 0 Å². The molecule has 0 aromatic heterocycles. The van der Waals surface area contributed by atoms with Crippen molar-refractivity contribution in [1.29, 1.82) is 0 Å². The number of hydrogen-bond acceptors (Lipinski definition) is 4. The third-order valence-corrected chi connectivity index (χ3v) is 2.81. The van der Waals surface area contributed by atoms with Crippen molar-refractivity contribution in [1.82, 2.24) is 0 Å². The highest BCUT2D eigenvalue weighted by atomic mass is 16.6. The lowest BCUT2D eigenvalue weighted by atomic mass is 10.3. The molecule has 0 N–H and O–H groups in total. The fraction of sp³-hybridized carbons (Fsp3) is 0.278. The maximum atomic E-state index is 5.71. The van der Waals surface area contributed by atoms with Crippen LogP contribution in [0.2, 0.25) is 0 Å². The second kappa shape index (κ2) is 9.45. The number of ether oxygens (including phenoxy) is 2. The Bertz CT molecular complexity index is 552. The summed E-state index contributed by atoms with van der Waals surface area (Å²) in [5, 5.41) is 3.83. The van der Waals surface area contributed by atoms with Gasteiger partial charge in [-0.25, -0.2) is 0 Å². The van der Waals surface area contributed by atoms with E-state index in [9.17, 15) is 0 Å². The molecule has 0 aliphatic heterocycles. The van der Waals surface area contributed by atoms with Gasteiger partial charge in [-0.05, 0) is 42.8 Å². The Kier molecular flexibility index (Phi) is 6.82. The Morgan fingerprint density at radius 3 is 2.27 bits per heavy atom. The summed E-state index contributed by atoms with van der Waals surface area (Å²) in [4.78, 5) is 5.08. The van der Waals surface area contributed by atoms with E-state index >= 15 is 0 Å². The Morgan fingerprint density at radius 1 is 0.864 bits per heavy atom. The van der Waals surface area contributed by atoms with E-state index in [0.29, 0.717) is 13.2 Å². The summed E-state index contributed by atoms with van der Waals surface area (Å²) in [7, 11) is 0. The van der Waals surface area contributed by atoms with Gasteiger partial charge < -0.3 is 14.3 Å². The maximum absolute atomic E-state index is 5.71. The number of unbranched alkanes of at least 4 members (excludes halogenated alkanes) is 1. The van der Waals surface area contributed by atoms with Gasteiger partial charge >= 0.3 is 0 Å². The molecule has 0 saturated carbocycles. The first kappa shape index (κ1) is 15.9. The number of rotatable bonds is 9. The molecule has 2 aromatic rings.